The number of thioether (sulfide) groups is 1. The number of nitrogens with two attached hydrogens (primary N) is 1. The van der Waals surface area contributed by atoms with E-state index in [9.17, 15) is 0 Å². The SMILES string of the molecule is Nc1nnc(SC[C@@H]2CN(Cc3ccccc3Cl)CCO2)s1. The van der Waals surface area contributed by atoms with Crippen LogP contribution in [0, 0.1) is 0 Å². The molecule has 1 aliphatic heterocycles. The number of hydrogen-bond donors (Lipinski definition) is 1. The quantitative estimate of drug-likeness (QED) is 0.831. The maximum Gasteiger partial charge on any atom is 0.203 e. The first kappa shape index (κ1) is 16.0. The Kier molecular flexibility index (Phi) is 5.54. The molecule has 0 aliphatic carbocycles. The smallest absolute Gasteiger partial charge is 0.203 e. The van der Waals surface area contributed by atoms with Gasteiger partial charge >= 0.3 is 0 Å². The van der Waals surface area contributed by atoms with Crippen molar-refractivity contribution < 1.29 is 4.74 Å². The predicted octanol–water partition coefficient (Wildman–Crippen LogP) is 2.77. The molecule has 8 heteroatoms. The van der Waals surface area contributed by atoms with Crippen LogP contribution in [0.1, 0.15) is 5.56 Å². The van der Waals surface area contributed by atoms with Crippen molar-refractivity contribution in [1.82, 2.24) is 15.1 Å². The Bertz CT molecular complexity index is 624. The summed E-state index contributed by atoms with van der Waals surface area (Å²) in [6.07, 6.45) is 0.186. The lowest BCUT2D eigenvalue weighted by Gasteiger charge is -2.32. The predicted molar refractivity (Wildman–Crippen MR) is 91.5 cm³/mol. The van der Waals surface area contributed by atoms with Crippen molar-refractivity contribution in [1.29, 1.82) is 0 Å². The molecule has 118 valence electrons. The largest absolute Gasteiger partial charge is 0.375 e. The zero-order valence-electron chi connectivity index (χ0n) is 11.9. The Balaban J connectivity index is 1.52. The fourth-order valence-corrected chi connectivity index (χ4v) is 4.20. The molecule has 2 heterocycles. The van der Waals surface area contributed by atoms with E-state index in [2.05, 4.69) is 21.2 Å². The molecule has 1 saturated heterocycles. The Hall–Kier alpha value is -0.860. The van der Waals surface area contributed by atoms with Crippen molar-refractivity contribution >= 4 is 39.8 Å². The molecule has 0 bridgehead atoms. The van der Waals surface area contributed by atoms with E-state index < -0.39 is 0 Å². The molecule has 0 amide bonds. The standard InChI is InChI=1S/C14H17ClN4OS2/c15-12-4-2-1-3-10(12)7-19-5-6-20-11(8-19)9-21-14-18-17-13(16)22-14/h1-4,11H,5-9H2,(H2,16,17)/t11-/m0/s1. The number of hydrogen-bond acceptors (Lipinski definition) is 7. The minimum Gasteiger partial charge on any atom is -0.375 e. The van der Waals surface area contributed by atoms with E-state index in [0.717, 1.165) is 46.9 Å². The first-order chi connectivity index (χ1) is 10.7. The lowest BCUT2D eigenvalue weighted by Crippen LogP contribution is -2.43. The normalized spacial score (nSPS) is 19.4. The fraction of sp³-hybridized carbons (Fsp3) is 0.429. The van der Waals surface area contributed by atoms with Crippen molar-refractivity contribution in [2.45, 2.75) is 17.0 Å². The van der Waals surface area contributed by atoms with Crippen molar-refractivity contribution in [3.8, 4) is 0 Å². The van der Waals surface area contributed by atoms with Gasteiger partial charge < -0.3 is 10.5 Å². The van der Waals surface area contributed by atoms with Gasteiger partial charge in [0.2, 0.25) is 5.13 Å². The van der Waals surface area contributed by atoms with Gasteiger partial charge in [-0.25, -0.2) is 0 Å². The van der Waals surface area contributed by atoms with Crippen LogP contribution in [0.5, 0.6) is 0 Å². The van der Waals surface area contributed by atoms with Crippen LogP contribution in [-0.4, -0.2) is 46.7 Å². The highest BCUT2D eigenvalue weighted by Crippen LogP contribution is 2.26. The van der Waals surface area contributed by atoms with E-state index in [1.807, 2.05) is 18.2 Å². The number of aromatic nitrogens is 2. The zero-order chi connectivity index (χ0) is 15.4. The molecule has 0 unspecified atom stereocenters. The van der Waals surface area contributed by atoms with Crippen molar-refractivity contribution in [3.05, 3.63) is 34.9 Å². The van der Waals surface area contributed by atoms with E-state index in [-0.39, 0.29) is 6.10 Å². The highest BCUT2D eigenvalue weighted by atomic mass is 35.5. The van der Waals surface area contributed by atoms with Crippen LogP contribution in [0.15, 0.2) is 28.6 Å². The summed E-state index contributed by atoms with van der Waals surface area (Å²) in [4.78, 5) is 2.38. The van der Waals surface area contributed by atoms with Crippen molar-refractivity contribution in [3.63, 3.8) is 0 Å². The van der Waals surface area contributed by atoms with Gasteiger partial charge in [-0.2, -0.15) is 0 Å². The summed E-state index contributed by atoms with van der Waals surface area (Å²) in [5, 5.41) is 9.17. The minimum absolute atomic E-state index is 0.186. The Morgan fingerprint density at radius 3 is 3.05 bits per heavy atom. The fourth-order valence-electron chi connectivity index (χ4n) is 2.34. The van der Waals surface area contributed by atoms with E-state index in [1.165, 1.54) is 11.3 Å². The third kappa shape index (κ3) is 4.33. The van der Waals surface area contributed by atoms with Crippen LogP contribution in [0.2, 0.25) is 5.02 Å². The number of nitrogen functional groups attached to an aromatic ring is 1. The molecule has 2 aromatic rings. The van der Waals surface area contributed by atoms with Gasteiger partial charge in [0.05, 0.1) is 12.7 Å². The summed E-state index contributed by atoms with van der Waals surface area (Å²) < 4.78 is 6.73. The Morgan fingerprint density at radius 1 is 1.41 bits per heavy atom. The van der Waals surface area contributed by atoms with Crippen molar-refractivity contribution in [2.75, 3.05) is 31.2 Å². The first-order valence-electron chi connectivity index (χ1n) is 7.00. The third-order valence-corrected chi connectivity index (χ3v) is 5.78. The van der Waals surface area contributed by atoms with Crippen LogP contribution in [0.25, 0.3) is 0 Å². The number of rotatable bonds is 5. The number of morpholine rings is 1. The molecule has 0 radical (unpaired) electrons. The van der Waals surface area contributed by atoms with Gasteiger partial charge in [0.15, 0.2) is 4.34 Å². The topological polar surface area (TPSA) is 64.3 Å². The molecule has 22 heavy (non-hydrogen) atoms. The van der Waals surface area contributed by atoms with E-state index in [0.29, 0.717) is 5.13 Å². The van der Waals surface area contributed by atoms with Gasteiger partial charge in [0, 0.05) is 30.4 Å². The average Bonchev–Trinajstić information content (AvgIpc) is 2.94. The molecular formula is C14H17ClN4OS2. The van der Waals surface area contributed by atoms with Gasteiger partial charge in [0.25, 0.3) is 0 Å². The van der Waals surface area contributed by atoms with E-state index in [1.54, 1.807) is 11.8 Å². The molecule has 2 N–H and O–H groups in total. The summed E-state index contributed by atoms with van der Waals surface area (Å²) in [6, 6.07) is 7.99. The van der Waals surface area contributed by atoms with Gasteiger partial charge in [-0.3, -0.25) is 4.90 Å². The molecule has 0 saturated carbocycles. The molecule has 3 rings (SSSR count). The molecule has 1 aliphatic rings. The molecular weight excluding hydrogens is 340 g/mol. The highest BCUT2D eigenvalue weighted by molar-refractivity contribution is 8.01. The zero-order valence-corrected chi connectivity index (χ0v) is 14.3. The Labute approximate surface area is 142 Å². The summed E-state index contributed by atoms with van der Waals surface area (Å²) in [7, 11) is 0. The second kappa shape index (κ2) is 7.61. The van der Waals surface area contributed by atoms with Gasteiger partial charge in [-0.15, -0.1) is 10.2 Å². The van der Waals surface area contributed by atoms with Gasteiger partial charge in [0.1, 0.15) is 0 Å². The summed E-state index contributed by atoms with van der Waals surface area (Å²) >= 11 is 9.30. The molecule has 1 atom stereocenters. The molecule has 5 nitrogen and oxygen atoms in total. The minimum atomic E-state index is 0.186. The lowest BCUT2D eigenvalue weighted by molar-refractivity contribution is -0.0187. The van der Waals surface area contributed by atoms with Crippen LogP contribution in [0.4, 0.5) is 5.13 Å². The second-order valence-electron chi connectivity index (χ2n) is 5.04. The summed E-state index contributed by atoms with van der Waals surface area (Å²) in [5.74, 6) is 0.855. The maximum absolute atomic E-state index is 6.24. The molecule has 1 fully saturated rings. The van der Waals surface area contributed by atoms with Crippen molar-refractivity contribution in [2.24, 2.45) is 0 Å². The van der Waals surface area contributed by atoms with E-state index in [4.69, 9.17) is 22.1 Å². The van der Waals surface area contributed by atoms with Gasteiger partial charge in [-0.05, 0) is 11.6 Å². The molecule has 0 spiro atoms. The number of benzene rings is 1. The van der Waals surface area contributed by atoms with Crippen LogP contribution in [0.3, 0.4) is 0 Å². The highest BCUT2D eigenvalue weighted by Gasteiger charge is 2.21. The van der Waals surface area contributed by atoms with Gasteiger partial charge in [-0.1, -0.05) is 52.9 Å². The van der Waals surface area contributed by atoms with E-state index >= 15 is 0 Å². The second-order valence-corrected chi connectivity index (χ2v) is 7.72. The van der Waals surface area contributed by atoms with Crippen LogP contribution < -0.4 is 5.73 Å². The third-order valence-electron chi connectivity index (χ3n) is 3.39. The average molecular weight is 357 g/mol. The lowest BCUT2D eigenvalue weighted by atomic mass is 10.2. The summed E-state index contributed by atoms with van der Waals surface area (Å²) in [5.41, 5.74) is 6.75. The number of nitrogens with zero attached hydrogens (tertiary/aromatic N) is 3. The van der Waals surface area contributed by atoms with Crippen LogP contribution >= 0.6 is 34.7 Å². The molecule has 1 aromatic heterocycles. The first-order valence-corrected chi connectivity index (χ1v) is 9.18. The molecule has 1 aromatic carbocycles. The van der Waals surface area contributed by atoms with Crippen LogP contribution in [-0.2, 0) is 11.3 Å². The number of ether oxygens (including phenoxy) is 1. The Morgan fingerprint density at radius 2 is 2.27 bits per heavy atom. The summed E-state index contributed by atoms with van der Waals surface area (Å²) in [6.45, 7) is 3.43. The number of anilines is 1. The maximum atomic E-state index is 6.24. The number of halogens is 1. The monoisotopic (exact) mass is 356 g/mol.